The predicted molar refractivity (Wildman–Crippen MR) is 305 cm³/mol. The Morgan fingerprint density at radius 1 is 0.693 bits per heavy atom. The zero-order valence-corrected chi connectivity index (χ0v) is 43.4. The number of pyridine rings is 1. The van der Waals surface area contributed by atoms with E-state index in [-0.39, 0.29) is 22.3 Å². The van der Waals surface area contributed by atoms with E-state index in [1.807, 2.05) is 67.3 Å². The number of aromatic nitrogens is 1. The highest BCUT2D eigenvalue weighted by atomic mass is 16.4. The second kappa shape index (κ2) is 22.6. The van der Waals surface area contributed by atoms with Gasteiger partial charge in [-0.3, -0.25) is 9.78 Å². The lowest BCUT2D eigenvalue weighted by molar-refractivity contribution is -0.119. The number of aryl methyl sites for hydroxylation is 1. The zero-order chi connectivity index (χ0) is 54.5. The summed E-state index contributed by atoms with van der Waals surface area (Å²) in [6, 6.07) is 24.6. The molecule has 0 saturated heterocycles. The molecule has 1 atom stereocenters. The van der Waals surface area contributed by atoms with Crippen LogP contribution in [0.25, 0.3) is 45.5 Å². The van der Waals surface area contributed by atoms with Gasteiger partial charge in [-0.2, -0.15) is 0 Å². The number of aromatic hydroxyl groups is 5. The Morgan fingerprint density at radius 2 is 1.31 bits per heavy atom. The molecule has 0 bridgehead atoms. The number of ketones is 1. The van der Waals surface area contributed by atoms with Gasteiger partial charge in [-0.25, -0.2) is 0 Å². The van der Waals surface area contributed by atoms with Crippen LogP contribution in [-0.4, -0.2) is 46.5 Å². The highest BCUT2D eigenvalue weighted by molar-refractivity contribution is 6.04. The van der Waals surface area contributed by atoms with Crippen molar-refractivity contribution in [2.75, 3.05) is 4.90 Å². The van der Waals surface area contributed by atoms with Crippen molar-refractivity contribution in [1.29, 1.82) is 0 Å². The topological polar surface area (TPSA) is 175 Å². The van der Waals surface area contributed by atoms with Crippen molar-refractivity contribution in [3.63, 3.8) is 0 Å². The van der Waals surface area contributed by atoms with Crippen molar-refractivity contribution in [3.05, 3.63) is 216 Å². The average Bonchev–Trinajstić information content (AvgIpc) is 4.24. The van der Waals surface area contributed by atoms with Gasteiger partial charge in [-0.15, -0.1) is 0 Å². The molecular formula is C65H66N2O8. The van der Waals surface area contributed by atoms with E-state index >= 15 is 0 Å². The lowest BCUT2D eigenvalue weighted by atomic mass is 9.63. The van der Waals surface area contributed by atoms with Crippen molar-refractivity contribution >= 4 is 29.3 Å². The number of hydrogen-bond acceptors (Lipinski definition) is 10. The van der Waals surface area contributed by atoms with E-state index in [4.69, 9.17) is 0 Å². The highest BCUT2D eigenvalue weighted by Gasteiger charge is 2.56. The summed E-state index contributed by atoms with van der Waals surface area (Å²) in [5.74, 6) is -8.44. The monoisotopic (exact) mass is 1000 g/mol. The van der Waals surface area contributed by atoms with Gasteiger partial charge in [-0.1, -0.05) is 145 Å². The van der Waals surface area contributed by atoms with E-state index in [9.17, 15) is 40.5 Å². The van der Waals surface area contributed by atoms with E-state index in [1.165, 1.54) is 38.7 Å². The van der Waals surface area contributed by atoms with Gasteiger partial charge in [-0.05, 0) is 137 Å². The number of fused-ring (bicyclic) bond motifs is 3. The number of aliphatic hydroxyl groups excluding tert-OH is 2. The first-order valence-electron chi connectivity index (χ1n) is 25.2. The number of nitrogens with zero attached hydrogens (tertiary/aromatic N) is 2. The first-order chi connectivity index (χ1) is 36.0. The van der Waals surface area contributed by atoms with E-state index < -0.39 is 62.9 Å². The molecule has 1 heterocycles. The molecule has 2 aliphatic rings. The molecular weight excluding hydrogens is 937 g/mol. The van der Waals surface area contributed by atoms with Gasteiger partial charge in [0.25, 0.3) is 0 Å². The summed E-state index contributed by atoms with van der Waals surface area (Å²) in [6.07, 6.45) is 19.2. The number of phenolic OH excluding ortho intramolecular Hbond substituents is 5. The minimum atomic E-state index is -2.39. The summed E-state index contributed by atoms with van der Waals surface area (Å²) >= 11 is 0. The van der Waals surface area contributed by atoms with Gasteiger partial charge in [0.15, 0.2) is 17.3 Å². The summed E-state index contributed by atoms with van der Waals surface area (Å²) in [4.78, 5) is 20.7. The minimum Gasteiger partial charge on any atom is -0.512 e. The average molecular weight is 1000 g/mol. The molecule has 1 aromatic heterocycles. The molecule has 7 N–H and O–H groups in total. The smallest absolute Gasteiger partial charge is 0.208 e. The number of rotatable bonds is 18. The van der Waals surface area contributed by atoms with Crippen LogP contribution in [0.1, 0.15) is 98.2 Å². The standard InChI is InChI=1S/C59H52N2O8.C6H14/c1-9-17-38(10-2)61(47-21-16-20-43(33(47)7)42-19-15-14-18-32(42)6)48-31-46-49(41(13-5)40(48)12-4)44-25-24-37(35-26-28-60-29-27-35)30-45(44)59(46,51-54(65)56(67)58(69)57(68)55(51)66)50(39(11-3)34(8)62)53(64)52(63)36-22-23-36;1-3-5-6-4-2/h9-21,24-31,36,62,64-69H,1-5,22-23H2,6-8H3;3-6H2,1-2H3/b38-17+,39-34+,53-50?;. The number of carbonyl (C=O) groups excluding carboxylic acids is 1. The van der Waals surface area contributed by atoms with Crippen molar-refractivity contribution in [1.82, 2.24) is 4.98 Å². The summed E-state index contributed by atoms with van der Waals surface area (Å²) in [6.45, 7) is 30.7. The number of aliphatic hydroxyl groups is 2. The van der Waals surface area contributed by atoms with Gasteiger partial charge < -0.3 is 40.6 Å². The molecule has 5 aromatic carbocycles. The molecule has 1 fully saturated rings. The molecule has 10 heteroatoms. The lowest BCUT2D eigenvalue weighted by Gasteiger charge is -2.39. The Balaban J connectivity index is 0.00000129. The van der Waals surface area contributed by atoms with Crippen LogP contribution in [0.4, 0.5) is 11.4 Å². The van der Waals surface area contributed by atoms with Crippen LogP contribution in [-0.2, 0) is 10.2 Å². The lowest BCUT2D eigenvalue weighted by Crippen LogP contribution is -2.34. The molecule has 6 aromatic rings. The fraction of sp³-hybridized carbons (Fsp3) is 0.200. The Hall–Kier alpha value is -8.76. The number of Topliss-reactive ketones (excluding diaryl/α,β-unsaturated/α-hetero) is 1. The van der Waals surface area contributed by atoms with Crippen LogP contribution < -0.4 is 4.90 Å². The number of hydrogen-bond donors (Lipinski definition) is 7. The van der Waals surface area contributed by atoms with Gasteiger partial charge in [0.2, 0.25) is 23.0 Å². The van der Waals surface area contributed by atoms with E-state index in [1.54, 1.807) is 73.1 Å². The Labute approximate surface area is 440 Å². The molecule has 75 heavy (non-hydrogen) atoms. The maximum Gasteiger partial charge on any atom is 0.208 e. The summed E-state index contributed by atoms with van der Waals surface area (Å²) in [5, 5.41) is 83.6. The molecule has 384 valence electrons. The van der Waals surface area contributed by atoms with Crippen molar-refractivity contribution in [2.24, 2.45) is 5.92 Å². The second-order valence-corrected chi connectivity index (χ2v) is 18.8. The third-order valence-electron chi connectivity index (χ3n) is 14.2. The van der Waals surface area contributed by atoms with Crippen LogP contribution in [0.5, 0.6) is 28.7 Å². The van der Waals surface area contributed by atoms with Gasteiger partial charge in [0, 0.05) is 46.4 Å². The van der Waals surface area contributed by atoms with E-state index in [0.29, 0.717) is 63.3 Å². The molecule has 2 aliphatic carbocycles. The minimum absolute atomic E-state index is 0.167. The number of unbranched alkanes of at least 4 members (excludes halogenated alkanes) is 3. The summed E-state index contributed by atoms with van der Waals surface area (Å²) in [5.41, 5.74) is 5.46. The van der Waals surface area contributed by atoms with Crippen LogP contribution in [0.15, 0.2) is 177 Å². The molecule has 0 aliphatic heterocycles. The molecule has 1 saturated carbocycles. The van der Waals surface area contributed by atoms with Crippen molar-refractivity contribution in [3.8, 4) is 62.1 Å². The molecule has 0 radical (unpaired) electrons. The van der Waals surface area contributed by atoms with Gasteiger partial charge in [0.05, 0.1) is 22.4 Å². The first-order valence-corrected chi connectivity index (χ1v) is 25.2. The van der Waals surface area contributed by atoms with Crippen molar-refractivity contribution in [2.45, 2.75) is 78.6 Å². The fourth-order valence-electron chi connectivity index (χ4n) is 10.4. The third-order valence-corrected chi connectivity index (χ3v) is 14.2. The van der Waals surface area contributed by atoms with Gasteiger partial charge >= 0.3 is 0 Å². The SMILES string of the molecule is C=C/C=C(\C=C)N(c1cccc(-c2ccccc2C)c1C)c1cc2c(c(C=C)c1C=C)-c1ccc(-c3ccncc3)cc1C2(C(=C(O)C(=O)C1CC1)/C(C=C)=C(\C)O)c1c(O)c(O)c(O)c(O)c1O.CCCCCC. The number of allylic oxidation sites excluding steroid dienone is 8. The zero-order valence-electron chi connectivity index (χ0n) is 43.4. The Kier molecular flexibility index (Phi) is 16.3. The molecule has 10 nitrogen and oxygen atoms in total. The quantitative estimate of drug-likeness (QED) is 0.0110. The molecule has 1 unspecified atom stereocenters. The Morgan fingerprint density at radius 3 is 1.85 bits per heavy atom. The normalized spacial score (nSPS) is 15.2. The maximum atomic E-state index is 14.6. The predicted octanol–water partition coefficient (Wildman–Crippen LogP) is 16.0. The number of phenols is 5. The number of anilines is 2. The highest BCUT2D eigenvalue weighted by Crippen LogP contribution is 2.67. The van der Waals surface area contributed by atoms with E-state index in [0.717, 1.165) is 22.3 Å². The van der Waals surface area contributed by atoms with Crippen LogP contribution >= 0.6 is 0 Å². The molecule has 0 amide bonds. The van der Waals surface area contributed by atoms with Crippen LogP contribution in [0, 0.1) is 19.8 Å². The van der Waals surface area contributed by atoms with Crippen LogP contribution in [0.2, 0.25) is 0 Å². The third kappa shape index (κ3) is 9.44. The first kappa shape index (κ1) is 54.0. The number of carbonyl (C=O) groups is 1. The van der Waals surface area contributed by atoms with Crippen molar-refractivity contribution < 1.29 is 40.5 Å². The maximum absolute atomic E-state index is 14.6. The van der Waals surface area contributed by atoms with E-state index in [2.05, 4.69) is 51.7 Å². The van der Waals surface area contributed by atoms with Gasteiger partial charge in [0.1, 0.15) is 0 Å². The summed E-state index contributed by atoms with van der Waals surface area (Å²) in [7, 11) is 0. The van der Waals surface area contributed by atoms with Crippen LogP contribution in [0.3, 0.4) is 0 Å². The summed E-state index contributed by atoms with van der Waals surface area (Å²) < 4.78 is 0. The Bertz CT molecular complexity index is 3340. The molecule has 8 rings (SSSR count). The fourth-order valence-corrected chi connectivity index (χ4v) is 10.4. The number of benzene rings is 5. The second-order valence-electron chi connectivity index (χ2n) is 18.8. The largest absolute Gasteiger partial charge is 0.512 e. The molecule has 0 spiro atoms.